The van der Waals surface area contributed by atoms with Gasteiger partial charge in [-0.25, -0.2) is 9.59 Å². The quantitative estimate of drug-likeness (QED) is 0.662. The Morgan fingerprint density at radius 2 is 2.00 bits per heavy atom. The van der Waals surface area contributed by atoms with E-state index in [9.17, 15) is 9.59 Å². The molecule has 1 amide bonds. The van der Waals surface area contributed by atoms with E-state index < -0.39 is 23.7 Å². The van der Waals surface area contributed by atoms with Gasteiger partial charge in [0.05, 0.1) is 20.8 Å². The third kappa shape index (κ3) is 7.21. The highest BCUT2D eigenvalue weighted by Gasteiger charge is 2.26. The molecule has 1 aliphatic heterocycles. The predicted octanol–water partition coefficient (Wildman–Crippen LogP) is 2.99. The molecule has 0 radical (unpaired) electrons. The second kappa shape index (κ2) is 10.0. The summed E-state index contributed by atoms with van der Waals surface area (Å²) in [5.41, 5.74) is 0.0301. The van der Waals surface area contributed by atoms with Gasteiger partial charge in [0.25, 0.3) is 0 Å². The molecule has 0 fully saturated rings. The molecule has 160 valence electrons. The van der Waals surface area contributed by atoms with Crippen molar-refractivity contribution in [2.75, 3.05) is 27.4 Å². The number of hydrogen-bond donors (Lipinski definition) is 1. The molecule has 0 spiro atoms. The van der Waals surface area contributed by atoms with Crippen LogP contribution in [-0.2, 0) is 25.4 Å². The number of hydrogen-bond acceptors (Lipinski definition) is 7. The molecule has 1 aromatic carbocycles. The topological polar surface area (TPSA) is 92.3 Å². The van der Waals surface area contributed by atoms with E-state index in [1.165, 1.54) is 14.2 Å². The van der Waals surface area contributed by atoms with Crippen LogP contribution < -0.4 is 14.8 Å². The van der Waals surface area contributed by atoms with E-state index >= 15 is 0 Å². The molecule has 0 bridgehead atoms. The zero-order chi connectivity index (χ0) is 21.4. The second-order valence-corrected chi connectivity index (χ2v) is 7.50. The van der Waals surface area contributed by atoms with Crippen molar-refractivity contribution < 1.29 is 33.3 Å². The Morgan fingerprint density at radius 3 is 2.59 bits per heavy atom. The minimum atomic E-state index is -0.924. The molecule has 29 heavy (non-hydrogen) atoms. The van der Waals surface area contributed by atoms with Crippen molar-refractivity contribution in [3.8, 4) is 11.5 Å². The van der Waals surface area contributed by atoms with E-state index in [4.69, 9.17) is 23.7 Å². The molecule has 2 rings (SSSR count). The highest BCUT2D eigenvalue weighted by atomic mass is 16.6. The Labute approximate surface area is 171 Å². The molecular formula is C21H29NO7. The van der Waals surface area contributed by atoms with Crippen LogP contribution in [0.3, 0.4) is 0 Å². The lowest BCUT2D eigenvalue weighted by atomic mass is 10.0. The number of methoxy groups -OCH3 is 2. The van der Waals surface area contributed by atoms with E-state index in [1.807, 2.05) is 6.08 Å². The van der Waals surface area contributed by atoms with Gasteiger partial charge in [-0.05, 0) is 38.5 Å². The van der Waals surface area contributed by atoms with Gasteiger partial charge in [0, 0.05) is 18.9 Å². The number of ether oxygens (including phenoxy) is 5. The van der Waals surface area contributed by atoms with Crippen molar-refractivity contribution in [2.24, 2.45) is 0 Å². The van der Waals surface area contributed by atoms with E-state index in [0.29, 0.717) is 30.3 Å². The van der Waals surface area contributed by atoms with E-state index in [-0.39, 0.29) is 6.42 Å². The Kier molecular flexibility index (Phi) is 7.75. The van der Waals surface area contributed by atoms with Crippen LogP contribution in [0.1, 0.15) is 32.8 Å². The Hall–Kier alpha value is -2.90. The molecule has 0 saturated heterocycles. The van der Waals surface area contributed by atoms with Gasteiger partial charge in [-0.3, -0.25) is 0 Å². The maximum Gasteiger partial charge on any atom is 0.408 e. The van der Waals surface area contributed by atoms with Crippen LogP contribution in [0.15, 0.2) is 30.0 Å². The smallest absolute Gasteiger partial charge is 0.408 e. The number of benzene rings is 1. The number of carbonyl (C=O) groups excluding carboxylic acids is 2. The minimum absolute atomic E-state index is 0.170. The lowest BCUT2D eigenvalue weighted by Gasteiger charge is -2.23. The molecule has 1 aromatic rings. The normalized spacial score (nSPS) is 14.3. The zero-order valence-corrected chi connectivity index (χ0v) is 17.6. The van der Waals surface area contributed by atoms with Crippen LogP contribution >= 0.6 is 0 Å². The standard InChI is InChI=1S/C21H29NO7/c1-21(2,3)29-20(24)22-17(19(23)26-5)11-14-8-9-15(12-18(14)25-4)28-13-16-7-6-10-27-16/h7-9,12,17H,6,10-11,13H2,1-5H3,(H,22,24)/t17-/m0/s1. The molecule has 1 N–H and O–H groups in total. The number of carbonyl (C=O) groups is 2. The van der Waals surface area contributed by atoms with Crippen molar-refractivity contribution in [1.82, 2.24) is 5.32 Å². The molecule has 8 heteroatoms. The van der Waals surface area contributed by atoms with Crippen LogP contribution in [0, 0.1) is 0 Å². The van der Waals surface area contributed by atoms with Gasteiger partial charge >= 0.3 is 12.1 Å². The fourth-order valence-electron chi connectivity index (χ4n) is 2.71. The SMILES string of the molecule is COC(=O)[C@H](Cc1ccc(OCC2=CCCO2)cc1OC)NC(=O)OC(C)(C)C. The van der Waals surface area contributed by atoms with Gasteiger partial charge in [-0.15, -0.1) is 0 Å². The Bertz CT molecular complexity index is 752. The molecule has 1 heterocycles. The third-order valence-electron chi connectivity index (χ3n) is 4.02. The van der Waals surface area contributed by atoms with Crippen LogP contribution in [0.5, 0.6) is 11.5 Å². The van der Waals surface area contributed by atoms with Crippen LogP contribution in [0.25, 0.3) is 0 Å². The van der Waals surface area contributed by atoms with Gasteiger partial charge in [0.1, 0.15) is 35.5 Å². The summed E-state index contributed by atoms with van der Waals surface area (Å²) in [4.78, 5) is 24.2. The number of nitrogens with one attached hydrogen (secondary N) is 1. The van der Waals surface area contributed by atoms with Crippen LogP contribution in [0.4, 0.5) is 4.79 Å². The van der Waals surface area contributed by atoms with Crippen molar-refractivity contribution in [2.45, 2.75) is 45.3 Å². The zero-order valence-electron chi connectivity index (χ0n) is 17.6. The molecule has 1 atom stereocenters. The largest absolute Gasteiger partial charge is 0.496 e. The van der Waals surface area contributed by atoms with Crippen LogP contribution in [-0.4, -0.2) is 51.1 Å². The van der Waals surface area contributed by atoms with Gasteiger partial charge < -0.3 is 29.0 Å². The number of amides is 1. The molecular weight excluding hydrogens is 378 g/mol. The summed E-state index contributed by atoms with van der Waals surface area (Å²) < 4.78 is 26.6. The van der Waals surface area contributed by atoms with Crippen molar-refractivity contribution in [1.29, 1.82) is 0 Å². The summed E-state index contributed by atoms with van der Waals surface area (Å²) in [6.07, 6.45) is 2.36. The molecule has 8 nitrogen and oxygen atoms in total. The first-order chi connectivity index (χ1) is 13.7. The number of alkyl carbamates (subject to hydrolysis) is 1. The summed E-state index contributed by atoms with van der Waals surface area (Å²) in [6, 6.07) is 4.36. The first-order valence-electron chi connectivity index (χ1n) is 9.40. The highest BCUT2D eigenvalue weighted by Crippen LogP contribution is 2.27. The summed E-state index contributed by atoms with van der Waals surface area (Å²) >= 11 is 0. The predicted molar refractivity (Wildman–Crippen MR) is 106 cm³/mol. The average Bonchev–Trinajstić information content (AvgIpc) is 3.18. The van der Waals surface area contributed by atoms with Gasteiger partial charge in [0.2, 0.25) is 0 Å². The highest BCUT2D eigenvalue weighted by molar-refractivity contribution is 5.81. The van der Waals surface area contributed by atoms with E-state index in [2.05, 4.69) is 5.32 Å². The summed E-state index contributed by atoms with van der Waals surface area (Å²) in [5, 5.41) is 2.55. The molecule has 0 aromatic heterocycles. The van der Waals surface area contributed by atoms with Crippen molar-refractivity contribution >= 4 is 12.1 Å². The van der Waals surface area contributed by atoms with Crippen LogP contribution in [0.2, 0.25) is 0 Å². The third-order valence-corrected chi connectivity index (χ3v) is 4.02. The maximum absolute atomic E-state index is 12.2. The minimum Gasteiger partial charge on any atom is -0.496 e. The molecule has 0 saturated carbocycles. The summed E-state index contributed by atoms with van der Waals surface area (Å²) in [6.45, 7) is 6.25. The molecule has 1 aliphatic rings. The average molecular weight is 407 g/mol. The summed E-state index contributed by atoms with van der Waals surface area (Å²) in [7, 11) is 2.79. The summed E-state index contributed by atoms with van der Waals surface area (Å²) in [5.74, 6) is 1.37. The van der Waals surface area contributed by atoms with E-state index in [0.717, 1.165) is 12.2 Å². The molecule has 0 unspecified atom stereocenters. The lowest BCUT2D eigenvalue weighted by molar-refractivity contribution is -0.143. The first-order valence-corrected chi connectivity index (χ1v) is 9.40. The second-order valence-electron chi connectivity index (χ2n) is 7.50. The van der Waals surface area contributed by atoms with Gasteiger partial charge in [-0.1, -0.05) is 6.07 Å². The Morgan fingerprint density at radius 1 is 1.24 bits per heavy atom. The molecule has 0 aliphatic carbocycles. The Balaban J connectivity index is 2.08. The number of rotatable bonds is 8. The monoisotopic (exact) mass is 407 g/mol. The van der Waals surface area contributed by atoms with Crippen molar-refractivity contribution in [3.63, 3.8) is 0 Å². The van der Waals surface area contributed by atoms with Gasteiger partial charge in [0.15, 0.2) is 0 Å². The number of esters is 1. The lowest BCUT2D eigenvalue weighted by Crippen LogP contribution is -2.45. The maximum atomic E-state index is 12.2. The van der Waals surface area contributed by atoms with Crippen molar-refractivity contribution in [3.05, 3.63) is 35.6 Å². The first kappa shape index (κ1) is 22.4. The van der Waals surface area contributed by atoms with Gasteiger partial charge in [-0.2, -0.15) is 0 Å². The van der Waals surface area contributed by atoms with E-state index in [1.54, 1.807) is 39.0 Å². The fourth-order valence-corrected chi connectivity index (χ4v) is 2.71. The fraction of sp³-hybridized carbons (Fsp3) is 0.524.